The Morgan fingerprint density at radius 2 is 1.89 bits per heavy atom. The number of benzene rings is 2. The average molecular weight is 478 g/mol. The van der Waals surface area contributed by atoms with Crippen molar-refractivity contribution in [2.75, 3.05) is 20.8 Å². The SMILES string of the molecule is CCOc1cc2occ(-c3cc(OC)ccc3OC)c2cc1/C(C)=C/C(=O)NC1CCCCC1C. The van der Waals surface area contributed by atoms with Gasteiger partial charge in [0.1, 0.15) is 22.8 Å². The third-order valence-corrected chi connectivity index (χ3v) is 6.88. The molecule has 4 rings (SSSR count). The van der Waals surface area contributed by atoms with Crippen LogP contribution in [0.4, 0.5) is 0 Å². The first-order valence-electron chi connectivity index (χ1n) is 12.3. The van der Waals surface area contributed by atoms with Crippen LogP contribution >= 0.6 is 0 Å². The van der Waals surface area contributed by atoms with E-state index in [0.29, 0.717) is 23.9 Å². The first-order chi connectivity index (χ1) is 16.9. The van der Waals surface area contributed by atoms with Crippen molar-refractivity contribution in [3.63, 3.8) is 0 Å². The van der Waals surface area contributed by atoms with Crippen LogP contribution in [0.5, 0.6) is 17.2 Å². The van der Waals surface area contributed by atoms with Crippen LogP contribution in [-0.2, 0) is 4.79 Å². The smallest absolute Gasteiger partial charge is 0.244 e. The summed E-state index contributed by atoms with van der Waals surface area (Å²) >= 11 is 0. The van der Waals surface area contributed by atoms with E-state index >= 15 is 0 Å². The number of hydrogen-bond donors (Lipinski definition) is 1. The molecule has 0 saturated heterocycles. The molecule has 1 heterocycles. The van der Waals surface area contributed by atoms with Gasteiger partial charge in [0.25, 0.3) is 0 Å². The minimum Gasteiger partial charge on any atom is -0.497 e. The fourth-order valence-electron chi connectivity index (χ4n) is 4.90. The molecule has 2 aromatic carbocycles. The van der Waals surface area contributed by atoms with Crippen molar-refractivity contribution in [2.45, 2.75) is 52.5 Å². The molecule has 1 saturated carbocycles. The van der Waals surface area contributed by atoms with Crippen molar-refractivity contribution < 1.29 is 23.4 Å². The van der Waals surface area contributed by atoms with Gasteiger partial charge in [-0.25, -0.2) is 0 Å². The zero-order valence-corrected chi connectivity index (χ0v) is 21.3. The largest absolute Gasteiger partial charge is 0.497 e. The summed E-state index contributed by atoms with van der Waals surface area (Å²) in [6, 6.07) is 9.82. The van der Waals surface area contributed by atoms with Crippen molar-refractivity contribution in [3.8, 4) is 28.4 Å². The number of ether oxygens (including phenoxy) is 3. The molecule has 35 heavy (non-hydrogen) atoms. The maximum absolute atomic E-state index is 12.9. The van der Waals surface area contributed by atoms with Gasteiger partial charge in [0.05, 0.1) is 27.1 Å². The first kappa shape index (κ1) is 24.7. The summed E-state index contributed by atoms with van der Waals surface area (Å²) in [5.74, 6) is 2.57. The number of rotatable bonds is 8. The molecule has 3 aromatic rings. The molecule has 1 aliphatic rings. The molecule has 0 radical (unpaired) electrons. The van der Waals surface area contributed by atoms with E-state index in [1.807, 2.05) is 44.2 Å². The predicted molar refractivity (Wildman–Crippen MR) is 139 cm³/mol. The summed E-state index contributed by atoms with van der Waals surface area (Å²) in [4.78, 5) is 12.9. The van der Waals surface area contributed by atoms with Gasteiger partial charge in [-0.1, -0.05) is 19.8 Å². The van der Waals surface area contributed by atoms with Gasteiger partial charge in [-0.05, 0) is 62.4 Å². The summed E-state index contributed by atoms with van der Waals surface area (Å²) in [6.07, 6.45) is 8.01. The number of carbonyl (C=O) groups is 1. The standard InChI is InChI=1S/C29H35NO5/c1-6-34-27-16-28-23(24(17-35-28)22-14-20(32-4)11-12-26(22)33-5)15-21(27)19(3)13-29(31)30-25-10-8-7-9-18(25)2/h11-18,25H,6-10H2,1-5H3,(H,30,31)/b19-13+. The van der Waals surface area contributed by atoms with Crippen LogP contribution in [0.25, 0.3) is 27.7 Å². The van der Waals surface area contributed by atoms with Crippen LogP contribution in [0, 0.1) is 5.92 Å². The maximum atomic E-state index is 12.9. The van der Waals surface area contributed by atoms with E-state index < -0.39 is 0 Å². The highest BCUT2D eigenvalue weighted by Crippen LogP contribution is 2.41. The van der Waals surface area contributed by atoms with E-state index in [0.717, 1.165) is 52.0 Å². The second kappa shape index (κ2) is 10.9. The molecule has 0 bridgehead atoms. The molecular weight excluding hydrogens is 442 g/mol. The van der Waals surface area contributed by atoms with Crippen molar-refractivity contribution >= 4 is 22.4 Å². The average Bonchev–Trinajstić information content (AvgIpc) is 3.27. The van der Waals surface area contributed by atoms with Crippen molar-refractivity contribution in [3.05, 3.63) is 48.2 Å². The summed E-state index contributed by atoms with van der Waals surface area (Å²) in [5, 5.41) is 4.12. The highest BCUT2D eigenvalue weighted by Gasteiger charge is 2.23. The fourth-order valence-corrected chi connectivity index (χ4v) is 4.90. The van der Waals surface area contributed by atoms with E-state index in [-0.39, 0.29) is 11.9 Å². The van der Waals surface area contributed by atoms with Gasteiger partial charge in [-0.15, -0.1) is 0 Å². The number of fused-ring (bicyclic) bond motifs is 1. The number of allylic oxidation sites excluding steroid dienone is 1. The molecule has 1 fully saturated rings. The number of methoxy groups -OCH3 is 2. The Morgan fingerprint density at radius 3 is 2.60 bits per heavy atom. The maximum Gasteiger partial charge on any atom is 0.244 e. The number of furan rings is 1. The molecule has 6 nitrogen and oxygen atoms in total. The summed E-state index contributed by atoms with van der Waals surface area (Å²) in [6.45, 7) is 6.61. The number of carbonyl (C=O) groups excluding carboxylic acids is 1. The van der Waals surface area contributed by atoms with Gasteiger partial charge in [0, 0.05) is 40.3 Å². The van der Waals surface area contributed by atoms with E-state index in [2.05, 4.69) is 12.2 Å². The van der Waals surface area contributed by atoms with Crippen molar-refractivity contribution in [1.82, 2.24) is 5.32 Å². The zero-order valence-electron chi connectivity index (χ0n) is 21.3. The van der Waals surface area contributed by atoms with Crippen LogP contribution < -0.4 is 19.5 Å². The number of nitrogens with one attached hydrogen (secondary N) is 1. The molecule has 1 amide bonds. The second-order valence-corrected chi connectivity index (χ2v) is 9.20. The Hall–Kier alpha value is -3.41. The third-order valence-electron chi connectivity index (χ3n) is 6.88. The van der Waals surface area contributed by atoms with Gasteiger partial charge in [-0.3, -0.25) is 4.79 Å². The van der Waals surface area contributed by atoms with Gasteiger partial charge >= 0.3 is 0 Å². The van der Waals surface area contributed by atoms with E-state index in [4.69, 9.17) is 18.6 Å². The third kappa shape index (κ3) is 5.31. The quantitative estimate of drug-likeness (QED) is 0.370. The number of amides is 1. The fraction of sp³-hybridized carbons (Fsp3) is 0.414. The topological polar surface area (TPSA) is 69.9 Å². The zero-order chi connectivity index (χ0) is 24.9. The van der Waals surface area contributed by atoms with E-state index in [1.54, 1.807) is 26.6 Å². The Labute approximate surface area is 207 Å². The van der Waals surface area contributed by atoms with Gasteiger partial charge in [0.15, 0.2) is 0 Å². The predicted octanol–water partition coefficient (Wildman–Crippen LogP) is 6.61. The molecule has 1 N–H and O–H groups in total. The number of hydrogen-bond acceptors (Lipinski definition) is 5. The molecule has 0 aliphatic heterocycles. The summed E-state index contributed by atoms with van der Waals surface area (Å²) in [7, 11) is 3.28. The van der Waals surface area contributed by atoms with Crippen molar-refractivity contribution in [2.24, 2.45) is 5.92 Å². The lowest BCUT2D eigenvalue weighted by molar-refractivity contribution is -0.117. The molecule has 1 aliphatic carbocycles. The lowest BCUT2D eigenvalue weighted by atomic mass is 9.86. The van der Waals surface area contributed by atoms with Crippen molar-refractivity contribution in [1.29, 1.82) is 0 Å². The minimum atomic E-state index is -0.0642. The molecule has 1 aromatic heterocycles. The highest BCUT2D eigenvalue weighted by atomic mass is 16.5. The van der Waals surface area contributed by atoms with Crippen LogP contribution in [0.2, 0.25) is 0 Å². The Morgan fingerprint density at radius 1 is 1.09 bits per heavy atom. The Bertz CT molecular complexity index is 1230. The van der Waals surface area contributed by atoms with Crippen LogP contribution in [-0.4, -0.2) is 32.8 Å². The Kier molecular flexibility index (Phi) is 7.69. The molecule has 2 atom stereocenters. The molecule has 186 valence electrons. The van der Waals surface area contributed by atoms with Gasteiger partial charge in [0.2, 0.25) is 5.91 Å². The normalized spacial score (nSPS) is 18.4. The van der Waals surface area contributed by atoms with Gasteiger partial charge in [-0.2, -0.15) is 0 Å². The minimum absolute atomic E-state index is 0.0642. The Balaban J connectivity index is 1.74. The van der Waals surface area contributed by atoms with Crippen LogP contribution in [0.3, 0.4) is 0 Å². The lowest BCUT2D eigenvalue weighted by Gasteiger charge is -2.29. The molecule has 6 heteroatoms. The van der Waals surface area contributed by atoms with E-state index in [1.165, 1.54) is 12.8 Å². The van der Waals surface area contributed by atoms with Crippen LogP contribution in [0.1, 0.15) is 52.0 Å². The van der Waals surface area contributed by atoms with Crippen LogP contribution in [0.15, 0.2) is 47.1 Å². The summed E-state index contributed by atoms with van der Waals surface area (Å²) < 4.78 is 22.9. The van der Waals surface area contributed by atoms with Gasteiger partial charge < -0.3 is 23.9 Å². The second-order valence-electron chi connectivity index (χ2n) is 9.20. The van der Waals surface area contributed by atoms with E-state index in [9.17, 15) is 4.79 Å². The molecular formula is C29H35NO5. The summed E-state index contributed by atoms with van der Waals surface area (Å²) in [5.41, 5.74) is 4.14. The highest BCUT2D eigenvalue weighted by molar-refractivity contribution is 6.01. The monoisotopic (exact) mass is 477 g/mol. The molecule has 2 unspecified atom stereocenters. The first-order valence-corrected chi connectivity index (χ1v) is 12.3. The molecule has 0 spiro atoms. The lowest BCUT2D eigenvalue weighted by Crippen LogP contribution is -2.40.